The molecule has 0 aromatic carbocycles. The summed E-state index contributed by atoms with van der Waals surface area (Å²) in [5.41, 5.74) is 1.42. The molecule has 1 unspecified atom stereocenters. The Morgan fingerprint density at radius 1 is 1.21 bits per heavy atom. The molecule has 0 aliphatic heterocycles. The van der Waals surface area contributed by atoms with Gasteiger partial charge in [-0.1, -0.05) is 19.8 Å². The van der Waals surface area contributed by atoms with E-state index in [-0.39, 0.29) is 0 Å². The molecule has 2 aliphatic carbocycles. The van der Waals surface area contributed by atoms with Crippen LogP contribution in [-0.2, 0) is 12.8 Å². The maximum Gasteiger partial charge on any atom is 0.110 e. The number of hydrogen-bond donors (Lipinski definition) is 1. The summed E-state index contributed by atoms with van der Waals surface area (Å²) in [7, 11) is 0. The Morgan fingerprint density at radius 3 is 2.74 bits per heavy atom. The van der Waals surface area contributed by atoms with Crippen molar-refractivity contribution in [2.24, 2.45) is 5.92 Å². The highest BCUT2D eigenvalue weighted by atomic mass is 32.1. The van der Waals surface area contributed by atoms with Gasteiger partial charge in [-0.2, -0.15) is 0 Å². The molecular formula is C16H26N2S. The minimum atomic E-state index is 0.540. The third-order valence-electron chi connectivity index (χ3n) is 4.61. The summed E-state index contributed by atoms with van der Waals surface area (Å²) < 4.78 is 0. The van der Waals surface area contributed by atoms with E-state index >= 15 is 0 Å². The fourth-order valence-corrected chi connectivity index (χ4v) is 4.87. The maximum atomic E-state index is 5.00. The van der Waals surface area contributed by atoms with Crippen LogP contribution in [0.1, 0.15) is 73.5 Å². The van der Waals surface area contributed by atoms with Crippen LogP contribution in [0, 0.1) is 5.92 Å². The second-order valence-corrected chi connectivity index (χ2v) is 7.22. The second kappa shape index (κ2) is 6.36. The van der Waals surface area contributed by atoms with Gasteiger partial charge in [0, 0.05) is 4.88 Å². The third-order valence-corrected chi connectivity index (χ3v) is 5.85. The van der Waals surface area contributed by atoms with Crippen molar-refractivity contribution in [1.29, 1.82) is 0 Å². The molecule has 1 heterocycles. The minimum absolute atomic E-state index is 0.540. The Kier molecular flexibility index (Phi) is 4.54. The summed E-state index contributed by atoms with van der Waals surface area (Å²) in [5, 5.41) is 5.18. The molecule has 1 aromatic rings. The number of hydrogen-bond acceptors (Lipinski definition) is 3. The van der Waals surface area contributed by atoms with Crippen LogP contribution in [0.25, 0.3) is 0 Å². The van der Waals surface area contributed by atoms with Crippen molar-refractivity contribution in [3.05, 3.63) is 15.6 Å². The largest absolute Gasteiger partial charge is 0.308 e. The highest BCUT2D eigenvalue weighted by Crippen LogP contribution is 2.39. The van der Waals surface area contributed by atoms with Crippen molar-refractivity contribution in [1.82, 2.24) is 10.3 Å². The number of nitrogens with one attached hydrogen (secondary N) is 1. The SMILES string of the molecule is CCCNC(c1nc2c(s1)CCCC2)C1CCCC1. The molecule has 106 valence electrons. The molecule has 1 saturated carbocycles. The van der Waals surface area contributed by atoms with E-state index in [4.69, 9.17) is 4.98 Å². The summed E-state index contributed by atoms with van der Waals surface area (Å²) >= 11 is 2.01. The van der Waals surface area contributed by atoms with Crippen molar-refractivity contribution in [3.63, 3.8) is 0 Å². The van der Waals surface area contributed by atoms with Crippen LogP contribution in [0.15, 0.2) is 0 Å². The maximum absolute atomic E-state index is 5.00. The molecule has 19 heavy (non-hydrogen) atoms. The van der Waals surface area contributed by atoms with Gasteiger partial charge in [0.15, 0.2) is 0 Å². The number of nitrogens with zero attached hydrogens (tertiary/aromatic N) is 1. The Bertz CT molecular complexity index is 383. The van der Waals surface area contributed by atoms with Crippen molar-refractivity contribution < 1.29 is 0 Å². The van der Waals surface area contributed by atoms with Gasteiger partial charge in [-0.15, -0.1) is 11.3 Å². The zero-order valence-electron chi connectivity index (χ0n) is 12.1. The highest BCUT2D eigenvalue weighted by Gasteiger charge is 2.29. The lowest BCUT2D eigenvalue weighted by atomic mass is 9.98. The Hall–Kier alpha value is -0.410. The van der Waals surface area contributed by atoms with Crippen molar-refractivity contribution in [2.45, 2.75) is 70.8 Å². The van der Waals surface area contributed by atoms with E-state index in [1.807, 2.05) is 11.3 Å². The van der Waals surface area contributed by atoms with Gasteiger partial charge in [0.1, 0.15) is 5.01 Å². The number of fused-ring (bicyclic) bond motifs is 1. The standard InChI is InChI=1S/C16H26N2S/c1-2-11-17-15(12-7-3-4-8-12)16-18-13-9-5-6-10-14(13)19-16/h12,15,17H,2-11H2,1H3. The second-order valence-electron chi connectivity index (χ2n) is 6.11. The number of aromatic nitrogens is 1. The molecule has 2 aliphatic rings. The lowest BCUT2D eigenvalue weighted by molar-refractivity contribution is 0.366. The van der Waals surface area contributed by atoms with Crippen LogP contribution in [0.4, 0.5) is 0 Å². The molecule has 1 fully saturated rings. The third kappa shape index (κ3) is 3.03. The minimum Gasteiger partial charge on any atom is -0.308 e. The highest BCUT2D eigenvalue weighted by molar-refractivity contribution is 7.11. The molecule has 0 saturated heterocycles. The van der Waals surface area contributed by atoms with Gasteiger partial charge in [-0.25, -0.2) is 4.98 Å². The van der Waals surface area contributed by atoms with Crippen LogP contribution >= 0.6 is 11.3 Å². The van der Waals surface area contributed by atoms with E-state index in [9.17, 15) is 0 Å². The molecule has 1 aromatic heterocycles. The molecule has 1 N–H and O–H groups in total. The molecule has 3 rings (SSSR count). The average Bonchev–Trinajstić information content (AvgIpc) is 3.08. The topological polar surface area (TPSA) is 24.9 Å². The molecule has 2 nitrogen and oxygen atoms in total. The van der Waals surface area contributed by atoms with Crippen LogP contribution in [0.2, 0.25) is 0 Å². The monoisotopic (exact) mass is 278 g/mol. The average molecular weight is 278 g/mol. The molecule has 0 amide bonds. The molecule has 0 radical (unpaired) electrons. The molecule has 0 bridgehead atoms. The van der Waals surface area contributed by atoms with Gasteiger partial charge >= 0.3 is 0 Å². The normalized spacial score (nSPS) is 21.5. The first kappa shape index (κ1) is 13.6. The van der Waals surface area contributed by atoms with Crippen LogP contribution in [-0.4, -0.2) is 11.5 Å². The number of rotatable bonds is 5. The van der Waals surface area contributed by atoms with Crippen LogP contribution < -0.4 is 5.32 Å². The van der Waals surface area contributed by atoms with E-state index < -0.39 is 0 Å². The van der Waals surface area contributed by atoms with Crippen molar-refractivity contribution in [2.75, 3.05) is 6.54 Å². The number of thiazole rings is 1. The van der Waals surface area contributed by atoms with Crippen molar-refractivity contribution >= 4 is 11.3 Å². The predicted octanol–water partition coefficient (Wildman–Crippen LogP) is 4.25. The first-order valence-corrected chi connectivity index (χ1v) is 8.92. The summed E-state index contributed by atoms with van der Waals surface area (Å²) in [6.45, 7) is 3.39. The van der Waals surface area contributed by atoms with Gasteiger partial charge in [0.25, 0.3) is 0 Å². The van der Waals surface area contributed by atoms with Gasteiger partial charge in [-0.3, -0.25) is 0 Å². The first-order valence-electron chi connectivity index (χ1n) is 8.10. The Labute approximate surface area is 121 Å². The Morgan fingerprint density at radius 2 is 2.00 bits per heavy atom. The van der Waals surface area contributed by atoms with Gasteiger partial charge in [-0.05, 0) is 57.4 Å². The Balaban J connectivity index is 1.79. The van der Waals surface area contributed by atoms with E-state index in [1.165, 1.54) is 68.5 Å². The van der Waals surface area contributed by atoms with Gasteiger partial charge in [0.2, 0.25) is 0 Å². The zero-order valence-corrected chi connectivity index (χ0v) is 12.9. The fraction of sp³-hybridized carbons (Fsp3) is 0.812. The lowest BCUT2D eigenvalue weighted by Crippen LogP contribution is -2.27. The van der Waals surface area contributed by atoms with Crippen molar-refractivity contribution in [3.8, 4) is 0 Å². The number of aryl methyl sites for hydroxylation is 2. The summed E-state index contributed by atoms with van der Waals surface area (Å²) in [5.74, 6) is 0.833. The van der Waals surface area contributed by atoms with E-state index in [0.29, 0.717) is 6.04 Å². The van der Waals surface area contributed by atoms with E-state index in [2.05, 4.69) is 12.2 Å². The van der Waals surface area contributed by atoms with Gasteiger partial charge in [0.05, 0.1) is 11.7 Å². The first-order chi connectivity index (χ1) is 9.38. The molecular weight excluding hydrogens is 252 g/mol. The zero-order chi connectivity index (χ0) is 13.1. The molecule has 0 spiro atoms. The summed E-state index contributed by atoms with van der Waals surface area (Å²) in [4.78, 5) is 6.59. The predicted molar refractivity (Wildman–Crippen MR) is 81.7 cm³/mol. The summed E-state index contributed by atoms with van der Waals surface area (Å²) in [6.07, 6.45) is 12.0. The molecule has 1 atom stereocenters. The van der Waals surface area contributed by atoms with E-state index in [0.717, 1.165) is 12.5 Å². The fourth-order valence-electron chi connectivity index (χ4n) is 3.55. The summed E-state index contributed by atoms with van der Waals surface area (Å²) in [6, 6.07) is 0.540. The van der Waals surface area contributed by atoms with Crippen LogP contribution in [0.3, 0.4) is 0 Å². The lowest BCUT2D eigenvalue weighted by Gasteiger charge is -2.22. The smallest absolute Gasteiger partial charge is 0.110 e. The van der Waals surface area contributed by atoms with Crippen LogP contribution in [0.5, 0.6) is 0 Å². The van der Waals surface area contributed by atoms with E-state index in [1.54, 1.807) is 4.88 Å². The van der Waals surface area contributed by atoms with Gasteiger partial charge < -0.3 is 5.32 Å². The molecule has 3 heteroatoms. The quantitative estimate of drug-likeness (QED) is 0.871.